The first kappa shape index (κ1) is 104. The maximum atomic E-state index is 12.5. The van der Waals surface area contributed by atoms with E-state index in [1.165, 1.54) is 44.5 Å². The minimum atomic E-state index is -0.680. The molecule has 1 unspecified atom stereocenters. The van der Waals surface area contributed by atoms with Gasteiger partial charge in [0.1, 0.15) is 12.4 Å². The van der Waals surface area contributed by atoms with Crippen LogP contribution in [0.1, 0.15) is 155 Å². The van der Waals surface area contributed by atoms with Crippen LogP contribution in [0.2, 0.25) is 0 Å². The number of H-pyrrole nitrogens is 5. The number of nitrogens with one attached hydrogen (secondary N) is 5. The second-order valence-electron chi connectivity index (χ2n) is 38.2. The van der Waals surface area contributed by atoms with E-state index < -0.39 is 56.2 Å². The quantitative estimate of drug-likeness (QED) is 0.0224. The second-order valence-corrected chi connectivity index (χ2v) is 38.2. The summed E-state index contributed by atoms with van der Waals surface area (Å²) < 4.78 is 26.7. The van der Waals surface area contributed by atoms with E-state index in [1.807, 2.05) is 155 Å². The fourth-order valence-electron chi connectivity index (χ4n) is 18.6. The first-order valence-corrected chi connectivity index (χ1v) is 49.9. The van der Waals surface area contributed by atoms with Crippen molar-refractivity contribution in [3.8, 4) is 63.3 Å². The second kappa shape index (κ2) is 46.6. The molecule has 5 N–H and O–H groups in total. The van der Waals surface area contributed by atoms with Gasteiger partial charge in [0.15, 0.2) is 57.6 Å². The monoisotopic (exact) mass is 1990 g/mol. The van der Waals surface area contributed by atoms with Gasteiger partial charge in [0, 0.05) is 39.7 Å². The van der Waals surface area contributed by atoms with Crippen molar-refractivity contribution in [1.82, 2.24) is 97.6 Å². The van der Waals surface area contributed by atoms with Crippen LogP contribution in [0.5, 0.6) is 5.75 Å². The molecule has 33 heteroatoms. The normalized spacial score (nSPS) is 11.7. The zero-order valence-corrected chi connectivity index (χ0v) is 85.8. The number of ether oxygens (including phenoxy) is 3. The van der Waals surface area contributed by atoms with Crippen LogP contribution in [0.4, 0.5) is 0 Å². The van der Waals surface area contributed by atoms with Crippen molar-refractivity contribution in [2.75, 3.05) is 20.3 Å². The summed E-state index contributed by atoms with van der Waals surface area (Å²) in [6.07, 6.45) is 8.27. The van der Waals surface area contributed by atoms with E-state index in [1.54, 1.807) is 7.11 Å². The Bertz CT molecular complexity index is 8720. The molecule has 0 bridgehead atoms. The minimum absolute atomic E-state index is 0.0177. The Morgan fingerprint density at radius 1 is 0.311 bits per heavy atom. The van der Waals surface area contributed by atoms with E-state index in [4.69, 9.17) is 14.2 Å². The molecule has 20 rings (SSSR count). The number of benzene rings is 10. The number of methoxy groups -OCH3 is 1. The van der Waals surface area contributed by atoms with Crippen molar-refractivity contribution in [1.29, 1.82) is 0 Å². The fraction of sp³-hybridized carbons (Fsp3) is 0.304. The van der Waals surface area contributed by atoms with Crippen molar-refractivity contribution < 1.29 is 14.2 Å². The SMILES string of the molecule is CCc1cc2nc3c(=O)[nH]c(=O)nc-3n(CCCc3cccc(OCCOC)c3)c2cc1C.Cc1cc2nc3c(=O)[nH]c(=O)nc-3n(CC(Cc3ccccc3)OC(C)C)c2cc1C.Cc1ccc(CCCn2c3nc(=O)[nH]c(=O)c-3nc3cc(C(C)C)c(C)cc32)cc1.Cc1ccc(CCCn2c3nc(=O)[nH]c(=O)c-3nc3cc(C)ccc32)cc1.Cc1ccc(CCCn2c3nc(=O)[nH]c(=O)c-3nc3ccc(C)cc32)cc1. The highest BCUT2D eigenvalue weighted by atomic mass is 16.5. The summed E-state index contributed by atoms with van der Waals surface area (Å²) in [5.41, 5.74) is 21.8. The molecular weight excluding hydrogens is 1870 g/mol. The molecule has 10 aromatic rings. The first-order valence-electron chi connectivity index (χ1n) is 49.9. The van der Waals surface area contributed by atoms with Gasteiger partial charge in [-0.1, -0.05) is 165 Å². The van der Waals surface area contributed by atoms with Crippen molar-refractivity contribution in [2.45, 2.75) is 212 Å². The molecule has 0 aliphatic carbocycles. The molecule has 33 nitrogen and oxygen atoms in total. The Balaban J connectivity index is 0.000000132. The van der Waals surface area contributed by atoms with E-state index in [2.05, 4.69) is 239 Å². The van der Waals surface area contributed by atoms with Crippen molar-refractivity contribution in [3.05, 3.63) is 393 Å². The predicted molar refractivity (Wildman–Crippen MR) is 578 cm³/mol. The third-order valence-electron chi connectivity index (χ3n) is 26.2. The van der Waals surface area contributed by atoms with Gasteiger partial charge in [0.2, 0.25) is 0 Å². The molecule has 148 heavy (non-hydrogen) atoms. The van der Waals surface area contributed by atoms with E-state index in [0.717, 1.165) is 158 Å². The summed E-state index contributed by atoms with van der Waals surface area (Å²) in [6, 6.07) is 67.6. The molecule has 0 spiro atoms. The first-order chi connectivity index (χ1) is 71.2. The molecule has 10 aliphatic heterocycles. The molecule has 758 valence electrons. The van der Waals surface area contributed by atoms with Crippen LogP contribution in [0.25, 0.3) is 113 Å². The largest absolute Gasteiger partial charge is 0.491 e. The number of hydrogen-bond donors (Lipinski definition) is 5. The summed E-state index contributed by atoms with van der Waals surface area (Å²) in [6.45, 7) is 32.7. The van der Waals surface area contributed by atoms with Crippen molar-refractivity contribution in [3.63, 3.8) is 0 Å². The average Bonchev–Trinajstić information content (AvgIpc) is 0.770. The molecule has 0 saturated heterocycles. The molecule has 0 saturated carbocycles. The average molecular weight is 1990 g/mol. The zero-order valence-electron chi connectivity index (χ0n) is 85.8. The van der Waals surface area contributed by atoms with E-state index in [9.17, 15) is 47.9 Å². The van der Waals surface area contributed by atoms with Crippen LogP contribution in [0, 0.1) is 62.3 Å². The molecule has 1 atom stereocenters. The Morgan fingerprint density at radius 2 is 0.676 bits per heavy atom. The standard InChI is InChI=1S/C25H28N4O4.C24H26N4O3.C24H26N4O2.2C21H20N4O2/c1-4-18-15-20-21(13-16(18)2)29(23-22(26-20)24(30)28-25(31)27-23)10-6-8-17-7-5-9-19(14-17)33-12-11-32-3;1-14(2)31-18(12-17-8-6-5-7-9-17)13-28-20-11-16(4)15(3)10-19(20)25-21-22(28)26-24(30)27-23(21)29;1-14(2)18-13-19-20(12-16(18)4)28(11-5-6-17-9-7-15(3)8-10-17)22-21(25-19)23(29)27-24(30)26-22;1-13-5-8-15(9-6-13)4-3-11-25-17-10-7-14(2)12-16(17)22-18-19(25)23-21(27)24-20(18)26;1-13-5-8-15(9-6-13)4-3-11-25-17-12-14(2)7-10-16(17)22-18-19(25)23-21(27)24-20(18)26/h5,7,9,13-15H,4,6,8,10-12H2,1-3H3,(H,28,30,31);5-11,14,18H,12-13H2,1-4H3,(H,27,29,30);7-10,12-14H,5-6,11H2,1-4H3,(H,27,29,30);2*5-10,12H,3-4,11H2,1-2H3,(H,24,26,27). The molecule has 10 aromatic carbocycles. The summed E-state index contributed by atoms with van der Waals surface area (Å²) >= 11 is 0. The lowest BCUT2D eigenvalue weighted by atomic mass is 9.97. The summed E-state index contributed by atoms with van der Waals surface area (Å²) in [4.78, 5) is 175. The van der Waals surface area contributed by atoms with E-state index in [0.29, 0.717) is 87.1 Å². The van der Waals surface area contributed by atoms with E-state index in [-0.39, 0.29) is 46.5 Å². The van der Waals surface area contributed by atoms with Gasteiger partial charge >= 0.3 is 28.4 Å². The van der Waals surface area contributed by atoms with Crippen LogP contribution in [-0.2, 0) is 80.7 Å². The number of rotatable bonds is 28. The summed E-state index contributed by atoms with van der Waals surface area (Å²) in [7, 11) is 1.65. The number of nitrogens with zero attached hydrogens (tertiary/aromatic N) is 15. The highest BCUT2D eigenvalue weighted by molar-refractivity contribution is 5.85. The van der Waals surface area contributed by atoms with Gasteiger partial charge in [-0.25, -0.2) is 48.9 Å². The highest BCUT2D eigenvalue weighted by Gasteiger charge is 2.28. The maximum absolute atomic E-state index is 12.5. The topological polar surface area (TPSA) is 431 Å². The van der Waals surface area contributed by atoms with Gasteiger partial charge in [-0.3, -0.25) is 48.9 Å². The number of aromatic amines is 5. The Hall–Kier alpha value is -16.7. The van der Waals surface area contributed by atoms with Crippen LogP contribution in [0.15, 0.2) is 248 Å². The van der Waals surface area contributed by atoms with Crippen LogP contribution in [-0.4, -0.2) is 130 Å². The number of aryl methyl sites for hydroxylation is 18. The molecule has 10 heterocycles. The van der Waals surface area contributed by atoms with Gasteiger partial charge in [0.05, 0.1) is 80.5 Å². The number of fused-ring (bicyclic) bond motifs is 10. The van der Waals surface area contributed by atoms with Crippen LogP contribution >= 0.6 is 0 Å². The Kier molecular flexibility index (Phi) is 32.8. The highest BCUT2D eigenvalue weighted by Crippen LogP contribution is 2.33. The van der Waals surface area contributed by atoms with Gasteiger partial charge in [-0.15, -0.1) is 0 Å². The lowest BCUT2D eigenvalue weighted by molar-refractivity contribution is -0.000467. The van der Waals surface area contributed by atoms with Crippen LogP contribution in [0.3, 0.4) is 0 Å². The molecule has 0 aromatic heterocycles. The van der Waals surface area contributed by atoms with Gasteiger partial charge in [-0.2, -0.15) is 24.9 Å². The number of hydrogen-bond acceptors (Lipinski definition) is 23. The molecular formula is C115H120N20O13. The molecule has 0 radical (unpaired) electrons. The third kappa shape index (κ3) is 24.9. The third-order valence-corrected chi connectivity index (χ3v) is 26.2. The van der Waals surface area contributed by atoms with Gasteiger partial charge in [0.25, 0.3) is 27.8 Å². The lowest BCUT2D eigenvalue weighted by Gasteiger charge is -2.25. The fourth-order valence-corrected chi connectivity index (χ4v) is 18.6. The summed E-state index contributed by atoms with van der Waals surface area (Å²) in [5, 5.41) is 0. The Morgan fingerprint density at radius 3 is 1.12 bits per heavy atom. The minimum Gasteiger partial charge on any atom is -0.491 e. The summed E-state index contributed by atoms with van der Waals surface area (Å²) in [5.74, 6) is 2.77. The lowest BCUT2D eigenvalue weighted by Crippen LogP contribution is -2.32. The van der Waals surface area contributed by atoms with Gasteiger partial charge in [-0.05, 0) is 285 Å². The Labute approximate surface area is 851 Å². The van der Waals surface area contributed by atoms with Crippen LogP contribution < -0.4 is 61.0 Å². The molecule has 10 aliphatic rings. The molecule has 0 amide bonds. The van der Waals surface area contributed by atoms with Gasteiger partial charge < -0.3 is 37.0 Å². The molecule has 0 fully saturated rings. The smallest absolute Gasteiger partial charge is 0.349 e. The van der Waals surface area contributed by atoms with E-state index >= 15 is 0 Å². The van der Waals surface area contributed by atoms with Crippen molar-refractivity contribution >= 4 is 55.2 Å². The number of aromatic nitrogens is 20. The maximum Gasteiger partial charge on any atom is 0.349 e. The predicted octanol–water partition coefficient (Wildman–Crippen LogP) is 16.0. The van der Waals surface area contributed by atoms with Crippen molar-refractivity contribution in [2.24, 2.45) is 0 Å². The zero-order chi connectivity index (χ0) is 105.